The number of rotatable bonds is 3. The molecular weight excluding hydrogens is 250 g/mol. The van der Waals surface area contributed by atoms with Crippen LogP contribution in [0.5, 0.6) is 0 Å². The van der Waals surface area contributed by atoms with Gasteiger partial charge in [-0.2, -0.15) is 0 Å². The molecule has 0 aromatic heterocycles. The molecule has 0 aromatic carbocycles. The monoisotopic (exact) mass is 269 g/mol. The van der Waals surface area contributed by atoms with Crippen LogP contribution in [0, 0.1) is 12.3 Å². The predicted molar refractivity (Wildman–Crippen MR) is 74.1 cm³/mol. The quantitative estimate of drug-likeness (QED) is 0.772. The van der Waals surface area contributed by atoms with Gasteiger partial charge in [-0.05, 0) is 20.8 Å². The molecule has 1 heterocycles. The van der Waals surface area contributed by atoms with Gasteiger partial charge in [0.1, 0.15) is 0 Å². The zero-order valence-electron chi connectivity index (χ0n) is 11.1. The lowest BCUT2D eigenvalue weighted by molar-refractivity contribution is -0.226. The Morgan fingerprint density at radius 1 is 1.72 bits per heavy atom. The van der Waals surface area contributed by atoms with E-state index in [-0.39, 0.29) is 11.6 Å². The molecule has 18 heavy (non-hydrogen) atoms. The van der Waals surface area contributed by atoms with E-state index < -0.39 is 5.79 Å². The van der Waals surface area contributed by atoms with E-state index in [9.17, 15) is 5.11 Å². The van der Waals surface area contributed by atoms with Crippen LogP contribution in [0.1, 0.15) is 27.2 Å². The maximum absolute atomic E-state index is 10.6. The van der Waals surface area contributed by atoms with Crippen molar-refractivity contribution in [2.24, 2.45) is 0 Å². The first-order valence-corrected chi connectivity index (χ1v) is 6.23. The summed E-state index contributed by atoms with van der Waals surface area (Å²) in [6, 6.07) is -0.313. The number of allylic oxidation sites excluding steroid dienone is 2. The first-order valence-electron chi connectivity index (χ1n) is 5.86. The highest BCUT2D eigenvalue weighted by molar-refractivity contribution is 6.29. The van der Waals surface area contributed by atoms with Gasteiger partial charge < -0.3 is 15.2 Å². The van der Waals surface area contributed by atoms with Crippen molar-refractivity contribution in [3.8, 4) is 12.3 Å². The number of hydrogen-bond acceptors (Lipinski definition) is 3. The standard InChI is InChI=1S/C14H20ClNO2/c1-6-12(8-7-10(2)15)14(17)11(3)16-13(4,5)9-18-14/h1,8,11,16-17H,2,7,9H2,3-5H3/b12-8+/t11?,14-/m0/s1. The Balaban J connectivity index is 2.95. The molecule has 1 fully saturated rings. The van der Waals surface area contributed by atoms with Crippen molar-refractivity contribution in [1.82, 2.24) is 5.32 Å². The van der Waals surface area contributed by atoms with Gasteiger partial charge >= 0.3 is 0 Å². The first-order chi connectivity index (χ1) is 8.21. The number of halogens is 1. The van der Waals surface area contributed by atoms with Crippen LogP contribution >= 0.6 is 11.6 Å². The van der Waals surface area contributed by atoms with E-state index in [0.29, 0.717) is 23.6 Å². The fourth-order valence-electron chi connectivity index (χ4n) is 1.97. The van der Waals surface area contributed by atoms with Gasteiger partial charge in [0.2, 0.25) is 5.79 Å². The molecule has 0 spiro atoms. The normalized spacial score (nSPS) is 31.8. The second kappa shape index (κ2) is 5.46. The van der Waals surface area contributed by atoms with Gasteiger partial charge in [0, 0.05) is 17.0 Å². The van der Waals surface area contributed by atoms with E-state index in [1.165, 1.54) is 0 Å². The van der Waals surface area contributed by atoms with Crippen molar-refractivity contribution in [2.75, 3.05) is 6.61 Å². The van der Waals surface area contributed by atoms with Gasteiger partial charge in [0.05, 0.1) is 18.2 Å². The largest absolute Gasteiger partial charge is 0.360 e. The Bertz CT molecular complexity index is 409. The van der Waals surface area contributed by atoms with Gasteiger partial charge in [-0.3, -0.25) is 0 Å². The lowest BCUT2D eigenvalue weighted by atomic mass is 9.92. The molecule has 1 aliphatic heterocycles. The zero-order chi connectivity index (χ0) is 14.0. The Kier molecular flexibility index (Phi) is 4.63. The molecule has 100 valence electrons. The van der Waals surface area contributed by atoms with E-state index >= 15 is 0 Å². The lowest BCUT2D eigenvalue weighted by Gasteiger charge is -2.46. The predicted octanol–water partition coefficient (Wildman–Crippen LogP) is 2.16. The molecule has 1 rings (SSSR count). The van der Waals surface area contributed by atoms with E-state index in [4.69, 9.17) is 22.8 Å². The summed E-state index contributed by atoms with van der Waals surface area (Å²) < 4.78 is 5.59. The van der Waals surface area contributed by atoms with Gasteiger partial charge in [0.25, 0.3) is 0 Å². The number of hydrogen-bond donors (Lipinski definition) is 2. The number of aliphatic hydroxyl groups is 1. The molecule has 2 atom stereocenters. The van der Waals surface area contributed by atoms with Crippen molar-refractivity contribution in [1.29, 1.82) is 0 Å². The summed E-state index contributed by atoms with van der Waals surface area (Å²) in [6.45, 7) is 9.80. The average Bonchev–Trinajstić information content (AvgIpc) is 2.24. The Morgan fingerprint density at radius 3 is 2.78 bits per heavy atom. The Hall–Kier alpha value is -0.790. The number of nitrogens with one attached hydrogen (secondary N) is 1. The van der Waals surface area contributed by atoms with Gasteiger partial charge in [-0.15, -0.1) is 6.42 Å². The van der Waals surface area contributed by atoms with E-state index in [1.807, 2.05) is 20.8 Å². The molecule has 0 aliphatic carbocycles. The van der Waals surface area contributed by atoms with Crippen molar-refractivity contribution in [3.05, 3.63) is 23.3 Å². The molecule has 2 N–H and O–H groups in total. The summed E-state index contributed by atoms with van der Waals surface area (Å²) >= 11 is 5.70. The summed E-state index contributed by atoms with van der Waals surface area (Å²) in [4.78, 5) is 0. The van der Waals surface area contributed by atoms with Gasteiger partial charge in [0.15, 0.2) is 0 Å². The minimum atomic E-state index is -1.49. The first kappa shape index (κ1) is 15.3. The van der Waals surface area contributed by atoms with Crippen molar-refractivity contribution < 1.29 is 9.84 Å². The highest BCUT2D eigenvalue weighted by Crippen LogP contribution is 2.30. The molecular formula is C14H20ClNO2. The zero-order valence-corrected chi connectivity index (χ0v) is 11.8. The fraction of sp³-hybridized carbons (Fsp3) is 0.571. The van der Waals surface area contributed by atoms with E-state index in [1.54, 1.807) is 6.08 Å². The molecule has 1 aliphatic rings. The second-order valence-corrected chi connectivity index (χ2v) is 5.75. The minimum absolute atomic E-state index is 0.193. The molecule has 0 bridgehead atoms. The number of terminal acetylenes is 1. The summed E-state index contributed by atoms with van der Waals surface area (Å²) in [6.07, 6.45) is 7.52. The maximum atomic E-state index is 10.6. The van der Waals surface area contributed by atoms with Gasteiger partial charge in [-0.1, -0.05) is 30.2 Å². The molecule has 0 aromatic rings. The molecule has 1 saturated heterocycles. The lowest BCUT2D eigenvalue weighted by Crippen LogP contribution is -2.65. The number of morpholine rings is 1. The van der Waals surface area contributed by atoms with E-state index in [2.05, 4.69) is 17.8 Å². The molecule has 0 amide bonds. The van der Waals surface area contributed by atoms with Gasteiger partial charge in [-0.25, -0.2) is 0 Å². The maximum Gasteiger partial charge on any atom is 0.215 e. The van der Waals surface area contributed by atoms with Crippen molar-refractivity contribution in [2.45, 2.75) is 44.6 Å². The van der Waals surface area contributed by atoms with Crippen LogP contribution in [-0.4, -0.2) is 29.1 Å². The topological polar surface area (TPSA) is 41.5 Å². The van der Waals surface area contributed by atoms with Crippen LogP contribution in [0.4, 0.5) is 0 Å². The van der Waals surface area contributed by atoms with E-state index in [0.717, 1.165) is 0 Å². The average molecular weight is 270 g/mol. The summed E-state index contributed by atoms with van der Waals surface area (Å²) in [5.41, 5.74) is 0.182. The fourth-order valence-corrected chi connectivity index (χ4v) is 2.05. The summed E-state index contributed by atoms with van der Waals surface area (Å²) in [7, 11) is 0. The smallest absolute Gasteiger partial charge is 0.215 e. The second-order valence-electron chi connectivity index (χ2n) is 5.22. The third-order valence-electron chi connectivity index (χ3n) is 2.92. The van der Waals surface area contributed by atoms with Crippen LogP contribution in [0.25, 0.3) is 0 Å². The van der Waals surface area contributed by atoms with Crippen molar-refractivity contribution in [3.63, 3.8) is 0 Å². The number of ether oxygens (including phenoxy) is 1. The molecule has 0 radical (unpaired) electrons. The highest BCUT2D eigenvalue weighted by Gasteiger charge is 2.45. The van der Waals surface area contributed by atoms with Crippen molar-refractivity contribution >= 4 is 11.6 Å². The molecule has 3 nitrogen and oxygen atoms in total. The summed E-state index contributed by atoms with van der Waals surface area (Å²) in [5.74, 6) is 0.982. The summed E-state index contributed by atoms with van der Waals surface area (Å²) in [5, 5.41) is 14.3. The molecule has 0 saturated carbocycles. The third-order valence-corrected chi connectivity index (χ3v) is 3.07. The SMILES string of the molecule is C#C/C(=C\CC(=C)Cl)[C@@]1(O)OCC(C)(C)NC1C. The van der Waals surface area contributed by atoms with Crippen LogP contribution in [0.15, 0.2) is 23.3 Å². The minimum Gasteiger partial charge on any atom is -0.360 e. The van der Waals surface area contributed by atoms with Crippen LogP contribution in [0.3, 0.4) is 0 Å². The molecule has 4 heteroatoms. The van der Waals surface area contributed by atoms with Crippen LogP contribution < -0.4 is 5.32 Å². The third kappa shape index (κ3) is 3.37. The highest BCUT2D eigenvalue weighted by atomic mass is 35.5. The molecule has 1 unspecified atom stereocenters. The Labute approximate surface area is 114 Å². The van der Waals surface area contributed by atoms with Crippen LogP contribution in [-0.2, 0) is 4.74 Å². The van der Waals surface area contributed by atoms with Crippen LogP contribution in [0.2, 0.25) is 0 Å². The Morgan fingerprint density at radius 2 is 2.33 bits per heavy atom.